The Morgan fingerprint density at radius 1 is 1.19 bits per heavy atom. The third-order valence-corrected chi connectivity index (χ3v) is 4.34. The third-order valence-electron chi connectivity index (χ3n) is 4.34. The molecule has 122 valence electrons. The molecule has 0 aliphatic carbocycles. The van der Waals surface area contributed by atoms with Crippen LogP contribution in [0.2, 0.25) is 0 Å². The van der Waals surface area contributed by atoms with Crippen LogP contribution in [0.25, 0.3) is 0 Å². The van der Waals surface area contributed by atoms with Crippen molar-refractivity contribution < 1.29 is 14.3 Å². The SMILES string of the molecule is CCC1(C)NC(=O)C(C)(C)N(CCOCCC(C)C)C1=O. The van der Waals surface area contributed by atoms with Gasteiger partial charge in [0.15, 0.2) is 0 Å². The van der Waals surface area contributed by atoms with Crippen LogP contribution < -0.4 is 5.32 Å². The third kappa shape index (κ3) is 3.96. The van der Waals surface area contributed by atoms with Crippen molar-refractivity contribution in [2.45, 2.75) is 65.5 Å². The first-order valence-electron chi connectivity index (χ1n) is 7.87. The number of carbonyl (C=O) groups is 2. The Morgan fingerprint density at radius 3 is 2.33 bits per heavy atom. The number of nitrogens with zero attached hydrogens (tertiary/aromatic N) is 1. The van der Waals surface area contributed by atoms with Gasteiger partial charge in [0.05, 0.1) is 6.61 Å². The molecule has 0 saturated carbocycles. The highest BCUT2D eigenvalue weighted by molar-refractivity contribution is 6.01. The second-order valence-electron chi connectivity index (χ2n) is 6.95. The number of amides is 2. The number of nitrogens with one attached hydrogen (secondary N) is 1. The minimum absolute atomic E-state index is 0.0259. The van der Waals surface area contributed by atoms with Crippen molar-refractivity contribution in [2.75, 3.05) is 19.8 Å². The van der Waals surface area contributed by atoms with Crippen molar-refractivity contribution in [3.63, 3.8) is 0 Å². The molecule has 0 bridgehead atoms. The molecule has 0 aromatic heterocycles. The fourth-order valence-electron chi connectivity index (χ4n) is 2.33. The maximum Gasteiger partial charge on any atom is 0.248 e. The van der Waals surface area contributed by atoms with E-state index in [1.165, 1.54) is 0 Å². The van der Waals surface area contributed by atoms with Crippen LogP contribution in [0.5, 0.6) is 0 Å². The second-order valence-corrected chi connectivity index (χ2v) is 6.95. The van der Waals surface area contributed by atoms with Gasteiger partial charge >= 0.3 is 0 Å². The van der Waals surface area contributed by atoms with Crippen LogP contribution in [0.4, 0.5) is 0 Å². The zero-order valence-corrected chi connectivity index (χ0v) is 14.3. The summed E-state index contributed by atoms with van der Waals surface area (Å²) in [6, 6.07) is 0. The lowest BCUT2D eigenvalue weighted by Gasteiger charge is -2.48. The quantitative estimate of drug-likeness (QED) is 0.731. The second kappa shape index (κ2) is 6.77. The van der Waals surface area contributed by atoms with Gasteiger partial charge in [-0.25, -0.2) is 0 Å². The summed E-state index contributed by atoms with van der Waals surface area (Å²) in [5.41, 5.74) is -1.63. The molecule has 0 aromatic rings. The zero-order chi connectivity index (χ0) is 16.3. The molecule has 1 saturated heterocycles. The lowest BCUT2D eigenvalue weighted by atomic mass is 9.87. The summed E-state index contributed by atoms with van der Waals surface area (Å²) in [4.78, 5) is 26.6. The number of hydrogen-bond donors (Lipinski definition) is 1. The summed E-state index contributed by atoms with van der Waals surface area (Å²) in [6.45, 7) is 13.2. The molecule has 5 heteroatoms. The predicted octanol–water partition coefficient (Wildman–Crippen LogP) is 1.95. The largest absolute Gasteiger partial charge is 0.380 e. The average molecular weight is 298 g/mol. The lowest BCUT2D eigenvalue weighted by Crippen LogP contribution is -2.73. The van der Waals surface area contributed by atoms with Crippen LogP contribution in [-0.2, 0) is 14.3 Å². The zero-order valence-electron chi connectivity index (χ0n) is 14.3. The first kappa shape index (κ1) is 18.0. The molecule has 1 aliphatic heterocycles. The minimum Gasteiger partial charge on any atom is -0.380 e. The molecule has 0 aromatic carbocycles. The molecule has 1 heterocycles. The molecule has 1 unspecified atom stereocenters. The highest BCUT2D eigenvalue weighted by Gasteiger charge is 2.51. The van der Waals surface area contributed by atoms with Gasteiger partial charge in [0.2, 0.25) is 11.8 Å². The highest BCUT2D eigenvalue weighted by atomic mass is 16.5. The molecule has 1 atom stereocenters. The van der Waals surface area contributed by atoms with E-state index < -0.39 is 11.1 Å². The maximum absolute atomic E-state index is 12.7. The number of piperazine rings is 1. The topological polar surface area (TPSA) is 58.6 Å². The molecule has 5 nitrogen and oxygen atoms in total. The number of rotatable bonds is 7. The molecular weight excluding hydrogens is 268 g/mol. The van der Waals surface area contributed by atoms with Crippen LogP contribution >= 0.6 is 0 Å². The van der Waals surface area contributed by atoms with Crippen molar-refractivity contribution in [2.24, 2.45) is 5.92 Å². The van der Waals surface area contributed by atoms with Gasteiger partial charge in [-0.3, -0.25) is 9.59 Å². The van der Waals surface area contributed by atoms with Gasteiger partial charge in [0.25, 0.3) is 0 Å². The van der Waals surface area contributed by atoms with Gasteiger partial charge in [0, 0.05) is 13.2 Å². The molecule has 1 fully saturated rings. The van der Waals surface area contributed by atoms with Crippen LogP contribution in [0.15, 0.2) is 0 Å². The molecule has 1 rings (SSSR count). The standard InChI is InChI=1S/C16H30N2O3/c1-7-16(6)14(20)18(15(4,5)13(19)17-16)9-11-21-10-8-12(2)3/h12H,7-11H2,1-6H3,(H,17,19). The summed E-state index contributed by atoms with van der Waals surface area (Å²) in [5, 5.41) is 2.86. The van der Waals surface area contributed by atoms with E-state index in [9.17, 15) is 9.59 Å². The van der Waals surface area contributed by atoms with Gasteiger partial charge in [-0.2, -0.15) is 0 Å². The van der Waals surface area contributed by atoms with Crippen molar-refractivity contribution in [3.8, 4) is 0 Å². The van der Waals surface area contributed by atoms with Crippen molar-refractivity contribution >= 4 is 11.8 Å². The van der Waals surface area contributed by atoms with Gasteiger partial charge in [-0.15, -0.1) is 0 Å². The van der Waals surface area contributed by atoms with Crippen LogP contribution in [0, 0.1) is 5.92 Å². The van der Waals surface area contributed by atoms with Gasteiger partial charge in [0.1, 0.15) is 11.1 Å². The summed E-state index contributed by atoms with van der Waals surface area (Å²) >= 11 is 0. The van der Waals surface area contributed by atoms with Crippen LogP contribution in [0.3, 0.4) is 0 Å². The van der Waals surface area contributed by atoms with Crippen LogP contribution in [0.1, 0.15) is 54.4 Å². The Morgan fingerprint density at radius 2 is 1.81 bits per heavy atom. The first-order chi connectivity index (χ1) is 9.65. The fraction of sp³-hybridized carbons (Fsp3) is 0.875. The van der Waals surface area contributed by atoms with Crippen LogP contribution in [-0.4, -0.2) is 47.6 Å². The molecule has 2 amide bonds. The molecule has 1 aliphatic rings. The fourth-order valence-corrected chi connectivity index (χ4v) is 2.33. The van der Waals surface area contributed by atoms with E-state index in [4.69, 9.17) is 4.74 Å². The number of ether oxygens (including phenoxy) is 1. The van der Waals surface area contributed by atoms with E-state index in [0.717, 1.165) is 6.42 Å². The molecule has 1 N–H and O–H groups in total. The lowest BCUT2D eigenvalue weighted by molar-refractivity contribution is -0.161. The summed E-state index contributed by atoms with van der Waals surface area (Å²) < 4.78 is 5.60. The summed E-state index contributed by atoms with van der Waals surface area (Å²) in [5.74, 6) is 0.475. The summed E-state index contributed by atoms with van der Waals surface area (Å²) in [7, 11) is 0. The van der Waals surface area contributed by atoms with E-state index in [1.54, 1.807) is 25.7 Å². The predicted molar refractivity (Wildman–Crippen MR) is 82.9 cm³/mol. The van der Waals surface area contributed by atoms with Crippen molar-refractivity contribution in [1.82, 2.24) is 10.2 Å². The normalized spacial score (nSPS) is 25.4. The Kier molecular flexibility index (Phi) is 5.79. The molecule has 0 spiro atoms. The number of carbonyl (C=O) groups excluding carboxylic acids is 2. The highest BCUT2D eigenvalue weighted by Crippen LogP contribution is 2.27. The van der Waals surface area contributed by atoms with E-state index in [2.05, 4.69) is 19.2 Å². The Hall–Kier alpha value is -1.10. The monoisotopic (exact) mass is 298 g/mol. The Balaban J connectivity index is 2.67. The van der Waals surface area contributed by atoms with Crippen molar-refractivity contribution in [3.05, 3.63) is 0 Å². The average Bonchev–Trinajstić information content (AvgIpc) is 2.39. The van der Waals surface area contributed by atoms with Crippen molar-refractivity contribution in [1.29, 1.82) is 0 Å². The van der Waals surface area contributed by atoms with Gasteiger partial charge in [-0.05, 0) is 39.5 Å². The minimum atomic E-state index is -0.826. The van der Waals surface area contributed by atoms with E-state index in [-0.39, 0.29) is 11.8 Å². The number of hydrogen-bond acceptors (Lipinski definition) is 3. The Labute approximate surface area is 128 Å². The molecule has 21 heavy (non-hydrogen) atoms. The van der Waals surface area contributed by atoms with Gasteiger partial charge < -0.3 is 15.0 Å². The molecular formula is C16H30N2O3. The first-order valence-corrected chi connectivity index (χ1v) is 7.87. The maximum atomic E-state index is 12.7. The van der Waals surface area contributed by atoms with E-state index in [0.29, 0.717) is 32.1 Å². The summed E-state index contributed by atoms with van der Waals surface area (Å²) in [6.07, 6.45) is 1.59. The van der Waals surface area contributed by atoms with E-state index in [1.807, 2.05) is 6.92 Å². The van der Waals surface area contributed by atoms with E-state index >= 15 is 0 Å². The Bertz CT molecular complexity index is 393. The van der Waals surface area contributed by atoms with Gasteiger partial charge in [-0.1, -0.05) is 20.8 Å². The molecule has 0 radical (unpaired) electrons. The smallest absolute Gasteiger partial charge is 0.248 e.